The standard InChI is InChI=1S/C13H18O3/c1-2-3-6-15-11-7-9-4-5-10(11)12(14)13(9)8-16-13/h4-5,9-11H,2-3,6-8H2,1H3. The SMILES string of the molecule is CCCCOC1CC2C=CC1C(=O)C21CO1. The topological polar surface area (TPSA) is 38.8 Å². The third kappa shape index (κ3) is 1.38. The van der Waals surface area contributed by atoms with E-state index < -0.39 is 5.60 Å². The van der Waals surface area contributed by atoms with E-state index in [0.29, 0.717) is 6.61 Å². The molecule has 1 saturated carbocycles. The summed E-state index contributed by atoms with van der Waals surface area (Å²) in [7, 11) is 0. The van der Waals surface area contributed by atoms with Crippen LogP contribution in [0.3, 0.4) is 0 Å². The number of fused-ring (bicyclic) bond motifs is 1. The molecule has 0 aromatic heterocycles. The molecule has 2 bridgehead atoms. The van der Waals surface area contributed by atoms with Crippen LogP contribution in [0.5, 0.6) is 0 Å². The number of hydrogen-bond acceptors (Lipinski definition) is 3. The van der Waals surface area contributed by atoms with E-state index in [1.807, 2.05) is 6.08 Å². The predicted octanol–water partition coefficient (Wildman–Crippen LogP) is 1.72. The molecule has 88 valence electrons. The van der Waals surface area contributed by atoms with Crippen LogP contribution in [-0.4, -0.2) is 30.7 Å². The minimum absolute atomic E-state index is 0.0515. The van der Waals surface area contributed by atoms with E-state index in [1.165, 1.54) is 0 Å². The average Bonchev–Trinajstić information content (AvgIpc) is 3.08. The van der Waals surface area contributed by atoms with Crippen molar-refractivity contribution in [2.45, 2.75) is 37.9 Å². The lowest BCUT2D eigenvalue weighted by Gasteiger charge is -2.40. The Morgan fingerprint density at radius 3 is 3.00 bits per heavy atom. The molecule has 1 aliphatic heterocycles. The first-order valence-electron chi connectivity index (χ1n) is 6.26. The minimum Gasteiger partial charge on any atom is -0.377 e. The first-order valence-corrected chi connectivity index (χ1v) is 6.26. The fourth-order valence-electron chi connectivity index (χ4n) is 2.90. The molecule has 16 heavy (non-hydrogen) atoms. The number of ether oxygens (including phenoxy) is 2. The van der Waals surface area contributed by atoms with Gasteiger partial charge >= 0.3 is 0 Å². The Balaban J connectivity index is 1.68. The molecule has 0 radical (unpaired) electrons. The Hall–Kier alpha value is -0.670. The van der Waals surface area contributed by atoms with Crippen molar-refractivity contribution < 1.29 is 14.3 Å². The summed E-state index contributed by atoms with van der Waals surface area (Å²) in [6, 6.07) is 0. The van der Waals surface area contributed by atoms with Crippen LogP contribution < -0.4 is 0 Å². The molecule has 4 unspecified atom stereocenters. The zero-order valence-corrected chi connectivity index (χ0v) is 9.65. The molecule has 4 atom stereocenters. The second-order valence-electron chi connectivity index (χ2n) is 5.06. The highest BCUT2D eigenvalue weighted by atomic mass is 16.6. The molecule has 0 N–H and O–H groups in total. The molecule has 0 aromatic carbocycles. The van der Waals surface area contributed by atoms with Crippen molar-refractivity contribution in [2.75, 3.05) is 13.2 Å². The van der Waals surface area contributed by atoms with E-state index >= 15 is 0 Å². The summed E-state index contributed by atoms with van der Waals surface area (Å²) in [5, 5.41) is 0. The van der Waals surface area contributed by atoms with Crippen LogP contribution in [-0.2, 0) is 14.3 Å². The molecule has 0 amide bonds. The van der Waals surface area contributed by atoms with Gasteiger partial charge in [-0.2, -0.15) is 0 Å². The number of Topliss-reactive ketones (excluding diaryl/α,β-unsaturated/α-hetero) is 1. The van der Waals surface area contributed by atoms with E-state index in [4.69, 9.17) is 9.47 Å². The third-order valence-corrected chi connectivity index (χ3v) is 4.04. The zero-order chi connectivity index (χ0) is 11.2. The molecular formula is C13H18O3. The molecule has 1 spiro atoms. The van der Waals surface area contributed by atoms with Crippen molar-refractivity contribution in [1.29, 1.82) is 0 Å². The normalized spacial score (nSPS) is 44.3. The monoisotopic (exact) mass is 222 g/mol. The van der Waals surface area contributed by atoms with Gasteiger partial charge in [0.25, 0.3) is 0 Å². The molecule has 4 aliphatic rings. The molecule has 3 nitrogen and oxygen atoms in total. The second kappa shape index (κ2) is 3.67. The number of rotatable bonds is 4. The lowest BCUT2D eigenvalue weighted by molar-refractivity contribution is -0.140. The quantitative estimate of drug-likeness (QED) is 0.413. The summed E-state index contributed by atoms with van der Waals surface area (Å²) in [5.74, 6) is 0.466. The summed E-state index contributed by atoms with van der Waals surface area (Å²) < 4.78 is 11.2. The molecule has 3 aliphatic carbocycles. The van der Waals surface area contributed by atoms with Crippen molar-refractivity contribution in [3.63, 3.8) is 0 Å². The van der Waals surface area contributed by atoms with E-state index in [2.05, 4.69) is 13.0 Å². The maximum absolute atomic E-state index is 12.2. The van der Waals surface area contributed by atoms with Gasteiger partial charge in [0.2, 0.25) is 0 Å². The Labute approximate surface area is 95.8 Å². The van der Waals surface area contributed by atoms with Gasteiger partial charge in [-0.05, 0) is 12.8 Å². The number of ketones is 1. The van der Waals surface area contributed by atoms with Crippen molar-refractivity contribution in [2.24, 2.45) is 11.8 Å². The highest BCUT2D eigenvalue weighted by molar-refractivity contribution is 5.96. The highest BCUT2D eigenvalue weighted by Crippen LogP contribution is 2.50. The molecule has 2 fully saturated rings. The summed E-state index contributed by atoms with van der Waals surface area (Å²) in [6.45, 7) is 3.55. The van der Waals surface area contributed by atoms with Gasteiger partial charge in [-0.15, -0.1) is 0 Å². The summed E-state index contributed by atoms with van der Waals surface area (Å²) in [5.41, 5.74) is -0.427. The lowest BCUT2D eigenvalue weighted by Crippen LogP contribution is -2.52. The Bertz CT molecular complexity index is 330. The summed E-state index contributed by atoms with van der Waals surface area (Å²) >= 11 is 0. The number of carbonyl (C=O) groups excluding carboxylic acids is 1. The van der Waals surface area contributed by atoms with E-state index in [-0.39, 0.29) is 23.7 Å². The van der Waals surface area contributed by atoms with Crippen LogP contribution in [0.15, 0.2) is 12.2 Å². The van der Waals surface area contributed by atoms with Crippen LogP contribution in [0.1, 0.15) is 26.2 Å². The minimum atomic E-state index is -0.427. The predicted molar refractivity (Wildman–Crippen MR) is 59.1 cm³/mol. The largest absolute Gasteiger partial charge is 0.377 e. The third-order valence-electron chi connectivity index (χ3n) is 4.04. The van der Waals surface area contributed by atoms with Crippen LogP contribution >= 0.6 is 0 Å². The van der Waals surface area contributed by atoms with Crippen molar-refractivity contribution in [3.05, 3.63) is 12.2 Å². The Morgan fingerprint density at radius 2 is 2.38 bits per heavy atom. The summed E-state index contributed by atoms with van der Waals surface area (Å²) in [4.78, 5) is 12.2. The fraction of sp³-hybridized carbons (Fsp3) is 0.769. The second-order valence-corrected chi connectivity index (χ2v) is 5.06. The van der Waals surface area contributed by atoms with Gasteiger partial charge in [0.1, 0.15) is 0 Å². The Morgan fingerprint density at radius 1 is 1.56 bits per heavy atom. The van der Waals surface area contributed by atoms with Gasteiger partial charge in [-0.1, -0.05) is 25.5 Å². The van der Waals surface area contributed by atoms with Gasteiger partial charge < -0.3 is 9.47 Å². The van der Waals surface area contributed by atoms with E-state index in [1.54, 1.807) is 0 Å². The zero-order valence-electron chi connectivity index (χ0n) is 9.65. The Kier molecular flexibility index (Phi) is 2.41. The molecule has 1 saturated heterocycles. The van der Waals surface area contributed by atoms with Gasteiger partial charge in [0, 0.05) is 12.5 Å². The number of hydrogen-bond donors (Lipinski definition) is 0. The smallest absolute Gasteiger partial charge is 0.177 e. The first-order chi connectivity index (χ1) is 7.78. The molecular weight excluding hydrogens is 204 g/mol. The number of epoxide rings is 1. The van der Waals surface area contributed by atoms with Crippen LogP contribution in [0.2, 0.25) is 0 Å². The molecule has 1 heterocycles. The molecule has 4 rings (SSSR count). The van der Waals surface area contributed by atoms with E-state index in [9.17, 15) is 4.79 Å². The van der Waals surface area contributed by atoms with Gasteiger partial charge in [-0.3, -0.25) is 4.79 Å². The number of unbranched alkanes of at least 4 members (excludes halogenated alkanes) is 1. The maximum Gasteiger partial charge on any atom is 0.177 e. The van der Waals surface area contributed by atoms with Crippen molar-refractivity contribution in [3.8, 4) is 0 Å². The van der Waals surface area contributed by atoms with Gasteiger partial charge in [-0.25, -0.2) is 0 Å². The van der Waals surface area contributed by atoms with Crippen LogP contribution in [0, 0.1) is 11.8 Å². The van der Waals surface area contributed by atoms with Crippen LogP contribution in [0.25, 0.3) is 0 Å². The highest BCUT2D eigenvalue weighted by Gasteiger charge is 2.64. The number of carbonyl (C=O) groups is 1. The molecule has 3 heteroatoms. The average molecular weight is 222 g/mol. The fourth-order valence-corrected chi connectivity index (χ4v) is 2.90. The van der Waals surface area contributed by atoms with Gasteiger partial charge in [0.15, 0.2) is 11.4 Å². The van der Waals surface area contributed by atoms with Crippen molar-refractivity contribution in [1.82, 2.24) is 0 Å². The van der Waals surface area contributed by atoms with Gasteiger partial charge in [0.05, 0.1) is 18.6 Å². The van der Waals surface area contributed by atoms with E-state index in [0.717, 1.165) is 25.9 Å². The summed E-state index contributed by atoms with van der Waals surface area (Å²) in [6.07, 6.45) is 7.45. The molecule has 0 aromatic rings. The van der Waals surface area contributed by atoms with Crippen LogP contribution in [0.4, 0.5) is 0 Å². The van der Waals surface area contributed by atoms with Crippen molar-refractivity contribution >= 4 is 5.78 Å². The lowest BCUT2D eigenvalue weighted by atomic mass is 9.66. The first kappa shape index (κ1) is 10.5. The maximum atomic E-state index is 12.2.